The predicted octanol–water partition coefficient (Wildman–Crippen LogP) is 1.01. The van der Waals surface area contributed by atoms with Crippen LogP contribution in [0, 0.1) is 17.8 Å². The van der Waals surface area contributed by atoms with Crippen LogP contribution in [0.5, 0.6) is 0 Å². The fourth-order valence-corrected chi connectivity index (χ4v) is 0.781. The number of nitrogens with zero attached hydrogens (tertiary/aromatic N) is 2. The Balaban J connectivity index is 2.69. The molecule has 0 bridgehead atoms. The number of rotatable bonds is 2. The fourth-order valence-electron chi connectivity index (χ4n) is 0.781. The topological polar surface area (TPSA) is 46.0 Å². The Morgan fingerprint density at radius 1 is 1.50 bits per heavy atom. The smallest absolute Gasteiger partial charge is 0.121 e. The van der Waals surface area contributed by atoms with Crippen LogP contribution in [0.2, 0.25) is 0 Å². The molecule has 1 rings (SSSR count). The third kappa shape index (κ3) is 3.00. The molecule has 3 heteroatoms. The van der Waals surface area contributed by atoms with Crippen molar-refractivity contribution in [3.63, 3.8) is 0 Å². The van der Waals surface area contributed by atoms with Gasteiger partial charge in [-0.2, -0.15) is 0 Å². The molecule has 2 atom stereocenters. The minimum Gasteiger partial charge on any atom is -0.380 e. The number of aliphatic hydroxyl groups excluding tert-OH is 1. The monoisotopic (exact) mass is 188 g/mol. The Kier molecular flexibility index (Phi) is 3.84. The molecule has 0 saturated heterocycles. The van der Waals surface area contributed by atoms with E-state index in [4.69, 9.17) is 0 Å². The zero-order valence-corrected chi connectivity index (χ0v) is 8.01. The van der Waals surface area contributed by atoms with Gasteiger partial charge in [0.2, 0.25) is 0 Å². The minimum atomic E-state index is -0.687. The van der Waals surface area contributed by atoms with E-state index in [9.17, 15) is 5.11 Å². The third-order valence-corrected chi connectivity index (χ3v) is 1.79. The van der Waals surface area contributed by atoms with E-state index in [1.165, 1.54) is 6.33 Å². The van der Waals surface area contributed by atoms with E-state index in [0.29, 0.717) is 5.56 Å². The van der Waals surface area contributed by atoms with Crippen LogP contribution in [0.15, 0.2) is 31.4 Å². The third-order valence-electron chi connectivity index (χ3n) is 1.79. The predicted molar refractivity (Wildman–Crippen MR) is 54.3 cm³/mol. The lowest BCUT2D eigenvalue weighted by molar-refractivity contribution is 0.195. The van der Waals surface area contributed by atoms with Crippen molar-refractivity contribution in [1.29, 1.82) is 0 Å². The summed E-state index contributed by atoms with van der Waals surface area (Å²) >= 11 is 0. The Morgan fingerprint density at radius 3 is 2.71 bits per heavy atom. The van der Waals surface area contributed by atoms with Crippen LogP contribution < -0.4 is 0 Å². The summed E-state index contributed by atoms with van der Waals surface area (Å²) in [6.45, 7) is 5.44. The first-order valence-electron chi connectivity index (χ1n) is 4.31. The lowest BCUT2D eigenvalue weighted by atomic mass is 10.1. The molecule has 0 saturated carbocycles. The number of aliphatic hydroxyl groups is 1. The van der Waals surface area contributed by atoms with Crippen molar-refractivity contribution in [3.05, 3.63) is 36.9 Å². The molecule has 0 spiro atoms. The van der Waals surface area contributed by atoms with E-state index < -0.39 is 6.10 Å². The minimum absolute atomic E-state index is 0.0351. The van der Waals surface area contributed by atoms with Gasteiger partial charge in [-0.25, -0.2) is 9.97 Å². The normalized spacial score (nSPS) is 13.6. The second kappa shape index (κ2) is 5.15. The van der Waals surface area contributed by atoms with Crippen molar-refractivity contribution in [1.82, 2.24) is 9.97 Å². The van der Waals surface area contributed by atoms with Gasteiger partial charge in [0, 0.05) is 18.3 Å². The van der Waals surface area contributed by atoms with Gasteiger partial charge < -0.3 is 5.11 Å². The first kappa shape index (κ1) is 10.4. The Bertz CT molecular complexity index is 351. The largest absolute Gasteiger partial charge is 0.380 e. The zero-order valence-electron chi connectivity index (χ0n) is 8.01. The SMILES string of the molecule is C=C[C@H](C)[C@H](O)C#Cc1cncnc1. The van der Waals surface area contributed by atoms with E-state index in [1.807, 2.05) is 6.92 Å². The van der Waals surface area contributed by atoms with Gasteiger partial charge in [-0.05, 0) is 0 Å². The Labute approximate surface area is 83.5 Å². The van der Waals surface area contributed by atoms with Crippen LogP contribution >= 0.6 is 0 Å². The van der Waals surface area contributed by atoms with Gasteiger partial charge in [-0.1, -0.05) is 24.8 Å². The maximum absolute atomic E-state index is 9.49. The van der Waals surface area contributed by atoms with Gasteiger partial charge in [-0.15, -0.1) is 6.58 Å². The molecule has 0 aliphatic heterocycles. The maximum Gasteiger partial charge on any atom is 0.121 e. The zero-order chi connectivity index (χ0) is 10.4. The van der Waals surface area contributed by atoms with Gasteiger partial charge in [0.05, 0.1) is 5.56 Å². The molecule has 0 radical (unpaired) electrons. The molecule has 0 amide bonds. The quantitative estimate of drug-likeness (QED) is 0.556. The average molecular weight is 188 g/mol. The second-order valence-electron chi connectivity index (χ2n) is 2.94. The van der Waals surface area contributed by atoms with Crippen molar-refractivity contribution >= 4 is 0 Å². The summed E-state index contributed by atoms with van der Waals surface area (Å²) < 4.78 is 0. The van der Waals surface area contributed by atoms with Gasteiger partial charge in [0.25, 0.3) is 0 Å². The highest BCUT2D eigenvalue weighted by Gasteiger charge is 2.05. The summed E-state index contributed by atoms with van der Waals surface area (Å²) in [6, 6.07) is 0. The first-order chi connectivity index (χ1) is 6.74. The van der Waals surface area contributed by atoms with Crippen molar-refractivity contribution in [2.24, 2.45) is 5.92 Å². The molecule has 1 N–H and O–H groups in total. The lowest BCUT2D eigenvalue weighted by Gasteiger charge is -2.06. The van der Waals surface area contributed by atoms with E-state index in [2.05, 4.69) is 28.4 Å². The summed E-state index contributed by atoms with van der Waals surface area (Å²) in [5, 5.41) is 9.49. The average Bonchev–Trinajstić information content (AvgIpc) is 2.26. The molecule has 0 fully saturated rings. The number of hydrogen-bond donors (Lipinski definition) is 1. The number of hydrogen-bond acceptors (Lipinski definition) is 3. The van der Waals surface area contributed by atoms with Gasteiger partial charge >= 0.3 is 0 Å². The van der Waals surface area contributed by atoms with Crippen molar-refractivity contribution in [2.45, 2.75) is 13.0 Å². The number of aromatic nitrogens is 2. The summed E-state index contributed by atoms with van der Waals surface area (Å²) in [7, 11) is 0. The van der Waals surface area contributed by atoms with Gasteiger partial charge in [0.1, 0.15) is 12.4 Å². The van der Waals surface area contributed by atoms with Gasteiger partial charge in [0.15, 0.2) is 0 Å². The molecule has 1 heterocycles. The van der Waals surface area contributed by atoms with E-state index in [0.717, 1.165) is 0 Å². The molecule has 3 nitrogen and oxygen atoms in total. The molecule has 72 valence electrons. The molecular formula is C11H12N2O. The van der Waals surface area contributed by atoms with Crippen LogP contribution in [0.3, 0.4) is 0 Å². The highest BCUT2D eigenvalue weighted by Crippen LogP contribution is 2.02. The van der Waals surface area contributed by atoms with Crippen LogP contribution in [0.25, 0.3) is 0 Å². The summed E-state index contributed by atoms with van der Waals surface area (Å²) in [4.78, 5) is 7.62. The van der Waals surface area contributed by atoms with Crippen LogP contribution in [0.4, 0.5) is 0 Å². The summed E-state index contributed by atoms with van der Waals surface area (Å²) in [5.41, 5.74) is 0.697. The highest BCUT2D eigenvalue weighted by atomic mass is 16.3. The lowest BCUT2D eigenvalue weighted by Crippen LogP contribution is -2.12. The maximum atomic E-state index is 9.49. The van der Waals surface area contributed by atoms with Crippen molar-refractivity contribution < 1.29 is 5.11 Å². The molecule has 14 heavy (non-hydrogen) atoms. The molecule has 0 aliphatic rings. The van der Waals surface area contributed by atoms with Crippen LogP contribution in [-0.4, -0.2) is 21.2 Å². The second-order valence-corrected chi connectivity index (χ2v) is 2.94. The molecule has 0 unspecified atom stereocenters. The van der Waals surface area contributed by atoms with E-state index in [-0.39, 0.29) is 5.92 Å². The van der Waals surface area contributed by atoms with Crippen molar-refractivity contribution in [3.8, 4) is 11.8 Å². The molecule has 0 aliphatic carbocycles. The first-order valence-corrected chi connectivity index (χ1v) is 4.31. The van der Waals surface area contributed by atoms with Crippen molar-refractivity contribution in [2.75, 3.05) is 0 Å². The molecule has 1 aromatic heterocycles. The fraction of sp³-hybridized carbons (Fsp3) is 0.273. The molecule has 0 aromatic carbocycles. The van der Waals surface area contributed by atoms with E-state index >= 15 is 0 Å². The molecular weight excluding hydrogens is 176 g/mol. The van der Waals surface area contributed by atoms with Crippen LogP contribution in [0.1, 0.15) is 12.5 Å². The standard InChI is InChI=1S/C11H12N2O/c1-3-9(2)11(14)5-4-10-6-12-8-13-7-10/h3,6-9,11,14H,1H2,2H3/t9-,11+/m0/s1. The van der Waals surface area contributed by atoms with Gasteiger partial charge in [-0.3, -0.25) is 0 Å². The van der Waals surface area contributed by atoms with E-state index in [1.54, 1.807) is 18.5 Å². The summed E-state index contributed by atoms with van der Waals surface area (Å²) in [6.07, 6.45) is 5.62. The Hall–Kier alpha value is -1.66. The molecule has 1 aromatic rings. The van der Waals surface area contributed by atoms with Crippen LogP contribution in [-0.2, 0) is 0 Å². The highest BCUT2D eigenvalue weighted by molar-refractivity contribution is 5.30. The summed E-state index contributed by atoms with van der Waals surface area (Å²) in [5.74, 6) is 5.46. The Morgan fingerprint density at radius 2 is 2.14 bits per heavy atom.